The summed E-state index contributed by atoms with van der Waals surface area (Å²) < 4.78 is 4.94. The van der Waals surface area contributed by atoms with Gasteiger partial charge in [0.1, 0.15) is 0 Å². The fourth-order valence-electron chi connectivity index (χ4n) is 1.71. The molecule has 1 aromatic heterocycles. The summed E-state index contributed by atoms with van der Waals surface area (Å²) in [4.78, 5) is 14.1. The number of thiophene rings is 1. The van der Waals surface area contributed by atoms with Gasteiger partial charge in [-0.05, 0) is 50.2 Å². The maximum Gasteiger partial charge on any atom is 0.338 e. The van der Waals surface area contributed by atoms with Crippen LogP contribution in [0.2, 0.25) is 0 Å². The van der Waals surface area contributed by atoms with Crippen LogP contribution in [-0.4, -0.2) is 12.6 Å². The average Bonchev–Trinajstić information content (AvgIpc) is 2.83. The summed E-state index contributed by atoms with van der Waals surface area (Å²) in [6.07, 6.45) is 0. The second-order valence-corrected chi connectivity index (χ2v) is 5.54. The molecule has 0 saturated carbocycles. The molecule has 1 N–H and O–H groups in total. The highest BCUT2D eigenvalue weighted by Gasteiger charge is 2.05. The summed E-state index contributed by atoms with van der Waals surface area (Å²) in [6, 6.07) is 11.6. The van der Waals surface area contributed by atoms with E-state index >= 15 is 0 Å². The number of carbonyl (C=O) groups is 1. The molecule has 2 rings (SSSR count). The Hall–Kier alpha value is -1.81. The predicted octanol–water partition coefficient (Wildman–Crippen LogP) is 3.85. The van der Waals surface area contributed by atoms with Crippen LogP contribution in [0.3, 0.4) is 0 Å². The number of ether oxygens (including phenoxy) is 1. The van der Waals surface area contributed by atoms with Crippen molar-refractivity contribution in [1.82, 2.24) is 0 Å². The molecule has 1 aromatic carbocycles. The van der Waals surface area contributed by atoms with E-state index in [-0.39, 0.29) is 5.97 Å². The van der Waals surface area contributed by atoms with Crippen LogP contribution in [0.5, 0.6) is 0 Å². The molecule has 0 spiro atoms. The molecule has 0 atom stereocenters. The van der Waals surface area contributed by atoms with E-state index in [1.54, 1.807) is 30.4 Å². The van der Waals surface area contributed by atoms with Crippen molar-refractivity contribution in [2.45, 2.75) is 20.4 Å². The van der Waals surface area contributed by atoms with Crippen molar-refractivity contribution in [2.24, 2.45) is 0 Å². The van der Waals surface area contributed by atoms with Gasteiger partial charge in [0.2, 0.25) is 0 Å². The van der Waals surface area contributed by atoms with E-state index in [0.29, 0.717) is 12.2 Å². The van der Waals surface area contributed by atoms with Crippen molar-refractivity contribution >= 4 is 23.0 Å². The van der Waals surface area contributed by atoms with Crippen molar-refractivity contribution in [3.8, 4) is 0 Å². The third-order valence-corrected chi connectivity index (χ3v) is 3.66. The quantitative estimate of drug-likeness (QED) is 0.842. The highest BCUT2D eigenvalue weighted by Crippen LogP contribution is 2.17. The second kappa shape index (κ2) is 6.38. The Labute approximate surface area is 117 Å². The molecular weight excluding hydrogens is 258 g/mol. The van der Waals surface area contributed by atoms with Crippen LogP contribution in [0.25, 0.3) is 0 Å². The minimum absolute atomic E-state index is 0.275. The fourth-order valence-corrected chi connectivity index (χ4v) is 2.54. The molecule has 3 nitrogen and oxygen atoms in total. The van der Waals surface area contributed by atoms with Crippen molar-refractivity contribution in [2.75, 3.05) is 11.9 Å². The zero-order valence-corrected chi connectivity index (χ0v) is 11.9. The van der Waals surface area contributed by atoms with Gasteiger partial charge in [0.25, 0.3) is 0 Å². The molecule has 0 aliphatic rings. The van der Waals surface area contributed by atoms with E-state index in [1.165, 1.54) is 9.75 Å². The SMILES string of the molecule is CCOC(=O)c1ccc(NCc2ccc(C)s2)cc1. The Bertz CT molecular complexity index is 546. The number of hydrogen-bond acceptors (Lipinski definition) is 4. The summed E-state index contributed by atoms with van der Waals surface area (Å²) in [5.41, 5.74) is 1.58. The van der Waals surface area contributed by atoms with E-state index in [0.717, 1.165) is 12.2 Å². The molecule has 0 amide bonds. The van der Waals surface area contributed by atoms with Gasteiger partial charge in [0.15, 0.2) is 0 Å². The van der Waals surface area contributed by atoms with Crippen LogP contribution in [0.15, 0.2) is 36.4 Å². The molecule has 0 bridgehead atoms. The minimum Gasteiger partial charge on any atom is -0.462 e. The number of hydrogen-bond donors (Lipinski definition) is 1. The Kier molecular flexibility index (Phi) is 4.58. The lowest BCUT2D eigenvalue weighted by Crippen LogP contribution is -2.04. The van der Waals surface area contributed by atoms with E-state index < -0.39 is 0 Å². The first-order valence-corrected chi connectivity index (χ1v) is 7.07. The first kappa shape index (κ1) is 13.6. The van der Waals surface area contributed by atoms with Gasteiger partial charge in [0.05, 0.1) is 12.2 Å². The molecule has 0 unspecified atom stereocenters. The number of aryl methyl sites for hydroxylation is 1. The number of benzene rings is 1. The maximum absolute atomic E-state index is 11.5. The summed E-state index contributed by atoms with van der Waals surface area (Å²) in [7, 11) is 0. The van der Waals surface area contributed by atoms with Crippen molar-refractivity contribution in [1.29, 1.82) is 0 Å². The second-order valence-electron chi connectivity index (χ2n) is 4.16. The predicted molar refractivity (Wildman–Crippen MR) is 78.8 cm³/mol. The number of carbonyl (C=O) groups excluding carboxylic acids is 1. The molecule has 0 aliphatic carbocycles. The lowest BCUT2D eigenvalue weighted by Gasteiger charge is -2.06. The normalized spacial score (nSPS) is 10.2. The number of rotatable bonds is 5. The lowest BCUT2D eigenvalue weighted by atomic mass is 10.2. The highest BCUT2D eigenvalue weighted by atomic mass is 32.1. The average molecular weight is 275 g/mol. The summed E-state index contributed by atoms with van der Waals surface area (Å²) in [5, 5.41) is 3.33. The molecule has 0 aliphatic heterocycles. The number of esters is 1. The fraction of sp³-hybridized carbons (Fsp3) is 0.267. The van der Waals surface area contributed by atoms with Crippen molar-refractivity contribution in [3.63, 3.8) is 0 Å². The Balaban J connectivity index is 1.93. The van der Waals surface area contributed by atoms with Crippen LogP contribution < -0.4 is 5.32 Å². The molecule has 19 heavy (non-hydrogen) atoms. The van der Waals surface area contributed by atoms with Gasteiger partial charge >= 0.3 is 5.97 Å². The van der Waals surface area contributed by atoms with Gasteiger partial charge < -0.3 is 10.1 Å². The van der Waals surface area contributed by atoms with Gasteiger partial charge in [-0.1, -0.05) is 0 Å². The summed E-state index contributed by atoms with van der Waals surface area (Å²) >= 11 is 1.79. The van der Waals surface area contributed by atoms with Crippen LogP contribution in [0, 0.1) is 6.92 Å². The van der Waals surface area contributed by atoms with Gasteiger partial charge in [-0.3, -0.25) is 0 Å². The Morgan fingerprint density at radius 1 is 1.21 bits per heavy atom. The van der Waals surface area contributed by atoms with Gasteiger partial charge in [-0.15, -0.1) is 11.3 Å². The molecule has 2 aromatic rings. The lowest BCUT2D eigenvalue weighted by molar-refractivity contribution is 0.0526. The first-order chi connectivity index (χ1) is 9.19. The number of nitrogens with one attached hydrogen (secondary N) is 1. The molecule has 4 heteroatoms. The zero-order chi connectivity index (χ0) is 13.7. The highest BCUT2D eigenvalue weighted by molar-refractivity contribution is 7.11. The molecule has 1 heterocycles. The van der Waals surface area contributed by atoms with E-state index in [4.69, 9.17) is 4.74 Å². The van der Waals surface area contributed by atoms with E-state index in [2.05, 4.69) is 24.4 Å². The topological polar surface area (TPSA) is 38.3 Å². The van der Waals surface area contributed by atoms with Crippen LogP contribution in [0.1, 0.15) is 27.0 Å². The minimum atomic E-state index is -0.275. The molecule has 0 radical (unpaired) electrons. The van der Waals surface area contributed by atoms with Gasteiger partial charge in [0, 0.05) is 22.0 Å². The Morgan fingerprint density at radius 2 is 1.95 bits per heavy atom. The van der Waals surface area contributed by atoms with E-state index in [9.17, 15) is 4.79 Å². The summed E-state index contributed by atoms with van der Waals surface area (Å²) in [5.74, 6) is -0.275. The maximum atomic E-state index is 11.5. The van der Waals surface area contributed by atoms with Gasteiger partial charge in [-0.25, -0.2) is 4.79 Å². The van der Waals surface area contributed by atoms with Crippen LogP contribution in [0.4, 0.5) is 5.69 Å². The van der Waals surface area contributed by atoms with E-state index in [1.807, 2.05) is 12.1 Å². The van der Waals surface area contributed by atoms with Crippen LogP contribution in [-0.2, 0) is 11.3 Å². The van der Waals surface area contributed by atoms with Crippen molar-refractivity contribution in [3.05, 3.63) is 51.7 Å². The molecule has 100 valence electrons. The largest absolute Gasteiger partial charge is 0.462 e. The van der Waals surface area contributed by atoms with Gasteiger partial charge in [-0.2, -0.15) is 0 Å². The standard InChI is InChI=1S/C15H17NO2S/c1-3-18-15(17)12-5-7-13(8-6-12)16-10-14-9-4-11(2)19-14/h4-9,16H,3,10H2,1-2H3. The number of anilines is 1. The monoisotopic (exact) mass is 275 g/mol. The van der Waals surface area contributed by atoms with Crippen LogP contribution >= 0.6 is 11.3 Å². The third-order valence-electron chi connectivity index (χ3n) is 2.66. The molecule has 0 saturated heterocycles. The molecular formula is C15H17NO2S. The zero-order valence-electron chi connectivity index (χ0n) is 11.1. The Morgan fingerprint density at radius 3 is 2.53 bits per heavy atom. The first-order valence-electron chi connectivity index (χ1n) is 6.25. The third kappa shape index (κ3) is 3.83. The summed E-state index contributed by atoms with van der Waals surface area (Å²) in [6.45, 7) is 5.10. The van der Waals surface area contributed by atoms with Crippen molar-refractivity contribution < 1.29 is 9.53 Å². The smallest absolute Gasteiger partial charge is 0.338 e. The molecule has 0 fully saturated rings.